The molecule has 0 radical (unpaired) electrons. The summed E-state index contributed by atoms with van der Waals surface area (Å²) in [5.74, 6) is 0. The highest BCUT2D eigenvalue weighted by atomic mass is 32.2. The predicted octanol–water partition coefficient (Wildman–Crippen LogP) is -0.380. The van der Waals surface area contributed by atoms with Crippen LogP contribution < -0.4 is 6.15 Å². The van der Waals surface area contributed by atoms with Gasteiger partial charge >= 0.3 is 0 Å². The van der Waals surface area contributed by atoms with Crippen molar-refractivity contribution >= 4 is 20.2 Å². The van der Waals surface area contributed by atoms with Crippen LogP contribution in [0, 0.1) is 0 Å². The maximum Gasteiger partial charge on any atom is 0.265 e. The molecule has 0 aliphatic carbocycles. The molecule has 0 bridgehead atoms. The summed E-state index contributed by atoms with van der Waals surface area (Å²) < 4.78 is 56.2. The van der Waals surface area contributed by atoms with Gasteiger partial charge in [0.15, 0.2) is 4.93 Å². The zero-order valence-corrected chi connectivity index (χ0v) is 9.40. The Morgan fingerprint density at radius 3 is 1.54 bits per heavy atom. The highest BCUT2D eigenvalue weighted by Gasteiger charge is 2.31. The van der Waals surface area contributed by atoms with E-state index in [4.69, 9.17) is 0 Å². The maximum atomic E-state index is 10.5. The molecule has 0 saturated carbocycles. The summed E-state index contributed by atoms with van der Waals surface area (Å²) in [6, 6.07) is 0. The van der Waals surface area contributed by atoms with Crippen LogP contribution >= 0.6 is 0 Å². The lowest BCUT2D eigenvalue weighted by Gasteiger charge is -2.26. The van der Waals surface area contributed by atoms with Gasteiger partial charge in [-0.3, -0.25) is 0 Å². The molecule has 82 valence electrons. The van der Waals surface area contributed by atoms with Crippen molar-refractivity contribution in [2.45, 2.75) is 18.8 Å². The summed E-state index contributed by atoms with van der Waals surface area (Å²) in [4.78, 5) is -2.25. The molecule has 9 heteroatoms. The Morgan fingerprint density at radius 2 is 1.46 bits per heavy atom. The van der Waals surface area contributed by atoms with Crippen LogP contribution in [0.5, 0.6) is 0 Å². The minimum Gasteiger partial charge on any atom is -0.746 e. The van der Waals surface area contributed by atoms with Gasteiger partial charge in [0.25, 0.3) is 10.1 Å². The van der Waals surface area contributed by atoms with E-state index in [1.807, 2.05) is 0 Å². The van der Waals surface area contributed by atoms with Crippen molar-refractivity contribution in [3.05, 3.63) is 0 Å². The lowest BCUT2D eigenvalue weighted by atomic mass is 10.5. The van der Waals surface area contributed by atoms with Crippen LogP contribution in [-0.2, 0) is 24.4 Å². The molecule has 7 nitrogen and oxygen atoms in total. The molecule has 0 fully saturated rings. The van der Waals surface area contributed by atoms with Crippen molar-refractivity contribution < 1.29 is 25.6 Å². The molecule has 0 atom stereocenters. The Balaban J connectivity index is 0. The Bertz CT molecular complexity index is 352. The minimum atomic E-state index is -4.79. The van der Waals surface area contributed by atoms with Crippen LogP contribution in [0.25, 0.3) is 0 Å². The number of quaternary nitrogens is 1. The van der Waals surface area contributed by atoms with Gasteiger partial charge in [0, 0.05) is 0 Å². The average Bonchev–Trinajstić information content (AvgIpc) is 1.52. The SMILES string of the molecule is CC(C)(OS(C)(=O)=O)S(=O)(=O)[O-].[NH4+]. The molecule has 0 rings (SSSR count). The van der Waals surface area contributed by atoms with Gasteiger partial charge in [-0.2, -0.15) is 8.42 Å². The quantitative estimate of drug-likeness (QED) is 0.522. The first-order valence-corrected chi connectivity index (χ1v) is 6.04. The van der Waals surface area contributed by atoms with Crippen LogP contribution in [0.1, 0.15) is 13.8 Å². The van der Waals surface area contributed by atoms with E-state index >= 15 is 0 Å². The smallest absolute Gasteiger partial charge is 0.265 e. The molecular formula is C4H13NO6S2. The molecule has 0 amide bonds. The molecule has 0 spiro atoms. The van der Waals surface area contributed by atoms with Crippen LogP contribution in [-0.4, -0.2) is 32.6 Å². The Kier molecular flexibility index (Phi) is 4.56. The van der Waals surface area contributed by atoms with Crippen molar-refractivity contribution in [2.75, 3.05) is 6.26 Å². The fourth-order valence-electron chi connectivity index (χ4n) is 0.406. The van der Waals surface area contributed by atoms with E-state index in [1.54, 1.807) is 0 Å². The number of hydrogen-bond acceptors (Lipinski definition) is 6. The van der Waals surface area contributed by atoms with Crippen molar-refractivity contribution in [1.29, 1.82) is 0 Å². The van der Waals surface area contributed by atoms with Crippen molar-refractivity contribution in [3.63, 3.8) is 0 Å². The van der Waals surface area contributed by atoms with Gasteiger partial charge in [-0.1, -0.05) is 0 Å². The van der Waals surface area contributed by atoms with Gasteiger partial charge in [-0.15, -0.1) is 0 Å². The normalized spacial score (nSPS) is 13.5. The second-order valence-corrected chi connectivity index (χ2v) is 6.11. The van der Waals surface area contributed by atoms with Crippen LogP contribution in [0.3, 0.4) is 0 Å². The maximum absolute atomic E-state index is 10.5. The molecule has 0 aromatic carbocycles. The third kappa shape index (κ3) is 5.16. The van der Waals surface area contributed by atoms with E-state index in [0.717, 1.165) is 13.8 Å². The first-order chi connectivity index (χ1) is 4.96. The van der Waals surface area contributed by atoms with E-state index in [0.29, 0.717) is 6.26 Å². The lowest BCUT2D eigenvalue weighted by molar-refractivity contribution is 0.186. The summed E-state index contributed by atoms with van der Waals surface area (Å²) in [7, 11) is -8.73. The van der Waals surface area contributed by atoms with Gasteiger partial charge in [0.1, 0.15) is 10.1 Å². The molecule has 4 N–H and O–H groups in total. The summed E-state index contributed by atoms with van der Waals surface area (Å²) >= 11 is 0. The standard InChI is InChI=1S/C4H10O6S2.H3N/c1-4(2,12(7,8)9)10-11(3,5)6;/h1-3H3,(H,7,8,9);1H3. The molecule has 0 aromatic rings. The second-order valence-electron chi connectivity index (χ2n) is 2.64. The summed E-state index contributed by atoms with van der Waals surface area (Å²) in [6.45, 7) is 1.74. The van der Waals surface area contributed by atoms with Crippen molar-refractivity contribution in [1.82, 2.24) is 6.15 Å². The number of rotatable bonds is 3. The Morgan fingerprint density at radius 1 is 1.15 bits per heavy atom. The molecular weight excluding hydrogens is 222 g/mol. The molecule has 0 saturated heterocycles. The van der Waals surface area contributed by atoms with Crippen molar-refractivity contribution in [2.24, 2.45) is 0 Å². The van der Waals surface area contributed by atoms with Crippen molar-refractivity contribution in [3.8, 4) is 0 Å². The van der Waals surface area contributed by atoms with Gasteiger partial charge in [0.05, 0.1) is 6.26 Å². The monoisotopic (exact) mass is 235 g/mol. The fraction of sp³-hybridized carbons (Fsp3) is 1.00. The fourth-order valence-corrected chi connectivity index (χ4v) is 1.84. The second kappa shape index (κ2) is 3.88. The lowest BCUT2D eigenvalue weighted by Crippen LogP contribution is -2.36. The summed E-state index contributed by atoms with van der Waals surface area (Å²) in [5, 5.41) is 0. The van der Waals surface area contributed by atoms with E-state index in [9.17, 15) is 21.4 Å². The molecule has 0 aliphatic rings. The van der Waals surface area contributed by atoms with E-state index in [2.05, 4.69) is 4.18 Å². The van der Waals surface area contributed by atoms with E-state index in [-0.39, 0.29) is 6.15 Å². The zero-order chi connectivity index (χ0) is 10.2. The average molecular weight is 235 g/mol. The molecule has 0 heterocycles. The van der Waals surface area contributed by atoms with Gasteiger partial charge < -0.3 is 10.7 Å². The highest BCUT2D eigenvalue weighted by molar-refractivity contribution is 7.89. The third-order valence-corrected chi connectivity index (χ3v) is 3.07. The zero-order valence-electron chi connectivity index (χ0n) is 7.77. The van der Waals surface area contributed by atoms with Gasteiger partial charge in [0.2, 0.25) is 0 Å². The molecule has 0 aliphatic heterocycles. The molecule has 0 unspecified atom stereocenters. The Labute approximate surface area is 77.5 Å². The third-order valence-electron chi connectivity index (χ3n) is 0.954. The number of hydrogen-bond donors (Lipinski definition) is 1. The van der Waals surface area contributed by atoms with Crippen LogP contribution in [0.4, 0.5) is 0 Å². The summed E-state index contributed by atoms with van der Waals surface area (Å²) in [6.07, 6.45) is 0.667. The first-order valence-electron chi connectivity index (χ1n) is 2.82. The Hall–Kier alpha value is -0.220. The molecule has 13 heavy (non-hydrogen) atoms. The summed E-state index contributed by atoms with van der Waals surface area (Å²) in [5.41, 5.74) is 0. The largest absolute Gasteiger partial charge is 0.746 e. The predicted molar refractivity (Wildman–Crippen MR) is 45.7 cm³/mol. The highest BCUT2D eigenvalue weighted by Crippen LogP contribution is 2.18. The van der Waals surface area contributed by atoms with Crippen LogP contribution in [0.2, 0.25) is 0 Å². The first kappa shape index (κ1) is 15.3. The van der Waals surface area contributed by atoms with Crippen LogP contribution in [0.15, 0.2) is 0 Å². The van der Waals surface area contributed by atoms with Gasteiger partial charge in [-0.05, 0) is 13.8 Å². The minimum absolute atomic E-state index is 0. The van der Waals surface area contributed by atoms with Gasteiger partial charge in [-0.25, -0.2) is 12.6 Å². The topological polar surface area (TPSA) is 137 Å². The van der Waals surface area contributed by atoms with E-state index < -0.39 is 25.2 Å². The van der Waals surface area contributed by atoms with E-state index in [1.165, 1.54) is 0 Å². The molecule has 0 aromatic heterocycles.